The zero-order valence-electron chi connectivity index (χ0n) is 22.0. The first-order valence-electron chi connectivity index (χ1n) is 12.7. The van der Waals surface area contributed by atoms with Gasteiger partial charge in [-0.1, -0.05) is 42.5 Å². The van der Waals surface area contributed by atoms with Crippen LogP contribution in [0.1, 0.15) is 36.2 Å². The summed E-state index contributed by atoms with van der Waals surface area (Å²) in [5, 5.41) is 44.6. The van der Waals surface area contributed by atoms with Crippen molar-refractivity contribution in [2.45, 2.75) is 70.6 Å². The van der Waals surface area contributed by atoms with Crippen LogP contribution >= 0.6 is 0 Å². The van der Waals surface area contributed by atoms with Crippen LogP contribution in [0.3, 0.4) is 0 Å². The maximum Gasteiger partial charge on any atom is 0.435 e. The Morgan fingerprint density at radius 1 is 1.00 bits per heavy atom. The fourth-order valence-corrected chi connectivity index (χ4v) is 4.20. The first-order chi connectivity index (χ1) is 18.7. The molecule has 1 unspecified atom stereocenters. The molecule has 210 valence electrons. The van der Waals surface area contributed by atoms with Crippen LogP contribution < -0.4 is 9.47 Å². The molecule has 0 amide bonds. The van der Waals surface area contributed by atoms with Gasteiger partial charge >= 0.3 is 6.09 Å². The number of nitrogens with zero attached hydrogens (tertiary/aromatic N) is 2. The van der Waals surface area contributed by atoms with Crippen molar-refractivity contribution in [2.24, 2.45) is 0 Å². The van der Waals surface area contributed by atoms with E-state index in [1.807, 2.05) is 68.4 Å². The molecule has 3 aromatic rings. The Labute approximate surface area is 226 Å². The highest BCUT2D eigenvalue weighted by Crippen LogP contribution is 2.30. The predicted molar refractivity (Wildman–Crippen MR) is 138 cm³/mol. The quantitative estimate of drug-likeness (QED) is 0.316. The molecular formula is C28H34N2O9. The second kappa shape index (κ2) is 12.6. The molecule has 1 aliphatic rings. The van der Waals surface area contributed by atoms with E-state index in [2.05, 4.69) is 5.10 Å². The summed E-state index contributed by atoms with van der Waals surface area (Å²) in [7, 11) is 0. The number of ether oxygens (including phenoxy) is 4. The van der Waals surface area contributed by atoms with Crippen LogP contribution in [0.15, 0.2) is 54.6 Å². The van der Waals surface area contributed by atoms with E-state index in [1.54, 1.807) is 6.92 Å². The van der Waals surface area contributed by atoms with Crippen LogP contribution in [0, 0.1) is 6.92 Å². The fourth-order valence-electron chi connectivity index (χ4n) is 4.20. The van der Waals surface area contributed by atoms with E-state index in [1.165, 1.54) is 0 Å². The molecule has 1 saturated heterocycles. The second-order valence-corrected chi connectivity index (χ2v) is 9.62. The van der Waals surface area contributed by atoms with Gasteiger partial charge in [-0.15, -0.1) is 5.10 Å². The van der Waals surface area contributed by atoms with Crippen LogP contribution in [0.25, 0.3) is 0 Å². The molecule has 11 nitrogen and oxygen atoms in total. The topological polar surface area (TPSA) is 153 Å². The highest BCUT2D eigenvalue weighted by Gasteiger charge is 2.45. The highest BCUT2D eigenvalue weighted by atomic mass is 16.7. The largest absolute Gasteiger partial charge is 0.491 e. The normalized spacial score (nSPS) is 23.0. The molecule has 5 atom stereocenters. The molecule has 0 radical (unpaired) electrons. The van der Waals surface area contributed by atoms with Crippen molar-refractivity contribution in [1.29, 1.82) is 0 Å². The van der Waals surface area contributed by atoms with Crippen molar-refractivity contribution in [3.05, 3.63) is 77.0 Å². The summed E-state index contributed by atoms with van der Waals surface area (Å²) in [6.07, 6.45) is -7.85. The lowest BCUT2D eigenvalue weighted by Crippen LogP contribution is -2.60. The summed E-state index contributed by atoms with van der Waals surface area (Å²) in [4.78, 5) is 13.0. The molecule has 0 spiro atoms. The molecule has 0 aliphatic carbocycles. The van der Waals surface area contributed by atoms with E-state index in [0.29, 0.717) is 23.4 Å². The molecule has 4 rings (SSSR count). The zero-order valence-corrected chi connectivity index (χ0v) is 22.0. The summed E-state index contributed by atoms with van der Waals surface area (Å²) in [5.41, 5.74) is 2.62. The second-order valence-electron chi connectivity index (χ2n) is 9.62. The van der Waals surface area contributed by atoms with Gasteiger partial charge in [-0.25, -0.2) is 4.79 Å². The number of aliphatic hydroxyl groups excluding tert-OH is 4. The third-order valence-corrected chi connectivity index (χ3v) is 6.33. The minimum absolute atomic E-state index is 0.0248. The standard InChI is InChI=1S/C28H34N2O9/c1-16(2)37-20-11-9-18(10-12-20)13-21-17(3)30(28(35)36-15-19-7-5-4-6-8-19)29-26(21)39-27-25(34)24(33)23(32)22(14-31)38-27/h4-12,16,22-25,27,31-34H,13-15H2,1-3H3/t22-,23-,24+,25-,27?/m1/s1. The number of carbonyl (C=O) groups excluding carboxylic acids is 1. The lowest BCUT2D eigenvalue weighted by Gasteiger charge is -2.39. The Bertz CT molecular complexity index is 1230. The summed E-state index contributed by atoms with van der Waals surface area (Å²) in [5.74, 6) is 0.680. The van der Waals surface area contributed by atoms with Crippen LogP contribution in [-0.4, -0.2) is 79.7 Å². The summed E-state index contributed by atoms with van der Waals surface area (Å²) in [6, 6.07) is 16.6. The van der Waals surface area contributed by atoms with Crippen LogP contribution in [-0.2, 0) is 22.5 Å². The van der Waals surface area contributed by atoms with Gasteiger partial charge in [-0.05, 0) is 44.0 Å². The van der Waals surface area contributed by atoms with Crippen LogP contribution in [0.4, 0.5) is 4.79 Å². The zero-order chi connectivity index (χ0) is 28.1. The average Bonchev–Trinajstić information content (AvgIpc) is 3.23. The maximum atomic E-state index is 13.0. The molecule has 1 aromatic heterocycles. The highest BCUT2D eigenvalue weighted by molar-refractivity contribution is 5.71. The third kappa shape index (κ3) is 6.75. The molecule has 1 fully saturated rings. The first-order valence-corrected chi connectivity index (χ1v) is 12.7. The number of hydrogen-bond donors (Lipinski definition) is 4. The molecular weight excluding hydrogens is 508 g/mol. The van der Waals surface area contributed by atoms with E-state index in [-0.39, 0.29) is 18.6 Å². The lowest BCUT2D eigenvalue weighted by atomic mass is 9.99. The number of hydrogen-bond acceptors (Lipinski definition) is 10. The van der Waals surface area contributed by atoms with Gasteiger partial charge in [0.2, 0.25) is 12.2 Å². The van der Waals surface area contributed by atoms with Crippen molar-refractivity contribution < 1.29 is 44.2 Å². The van der Waals surface area contributed by atoms with Crippen molar-refractivity contribution in [2.75, 3.05) is 6.61 Å². The molecule has 2 heterocycles. The van der Waals surface area contributed by atoms with E-state index in [0.717, 1.165) is 15.8 Å². The summed E-state index contributed by atoms with van der Waals surface area (Å²) in [6.45, 7) is 4.98. The van der Waals surface area contributed by atoms with Gasteiger partial charge in [0.1, 0.15) is 36.8 Å². The van der Waals surface area contributed by atoms with Crippen molar-refractivity contribution in [1.82, 2.24) is 9.78 Å². The molecule has 11 heteroatoms. The van der Waals surface area contributed by atoms with Gasteiger partial charge in [0.05, 0.1) is 18.4 Å². The number of aliphatic hydroxyl groups is 4. The van der Waals surface area contributed by atoms with E-state index in [9.17, 15) is 25.2 Å². The molecule has 4 N–H and O–H groups in total. The molecule has 2 aromatic carbocycles. The maximum absolute atomic E-state index is 13.0. The smallest absolute Gasteiger partial charge is 0.435 e. The minimum atomic E-state index is -1.64. The monoisotopic (exact) mass is 542 g/mol. The van der Waals surface area contributed by atoms with E-state index >= 15 is 0 Å². The Morgan fingerprint density at radius 3 is 2.33 bits per heavy atom. The van der Waals surface area contributed by atoms with Gasteiger partial charge in [-0.3, -0.25) is 0 Å². The average molecular weight is 543 g/mol. The Kier molecular flexibility index (Phi) is 9.20. The summed E-state index contributed by atoms with van der Waals surface area (Å²) >= 11 is 0. The predicted octanol–water partition coefficient (Wildman–Crippen LogP) is 1.93. The lowest BCUT2D eigenvalue weighted by molar-refractivity contribution is -0.278. The SMILES string of the molecule is Cc1c(Cc2ccc(OC(C)C)cc2)c(OC2O[C@H](CO)[C@@H](O)[C@H](O)[C@H]2O)nn1C(=O)OCc1ccccc1. The molecule has 0 bridgehead atoms. The number of benzene rings is 2. The van der Waals surface area contributed by atoms with Crippen molar-refractivity contribution in [3.63, 3.8) is 0 Å². The van der Waals surface area contributed by atoms with Gasteiger partial charge in [-0.2, -0.15) is 4.68 Å². The van der Waals surface area contributed by atoms with E-state index in [4.69, 9.17) is 18.9 Å². The van der Waals surface area contributed by atoms with Gasteiger partial charge < -0.3 is 39.4 Å². The van der Waals surface area contributed by atoms with Gasteiger partial charge in [0.25, 0.3) is 0 Å². The number of rotatable bonds is 9. The van der Waals surface area contributed by atoms with Gasteiger partial charge in [0, 0.05) is 12.0 Å². The van der Waals surface area contributed by atoms with Crippen molar-refractivity contribution >= 4 is 6.09 Å². The molecule has 39 heavy (non-hydrogen) atoms. The third-order valence-electron chi connectivity index (χ3n) is 6.33. The van der Waals surface area contributed by atoms with E-state index < -0.39 is 43.4 Å². The number of carbonyl (C=O) groups is 1. The van der Waals surface area contributed by atoms with Crippen molar-refractivity contribution in [3.8, 4) is 11.6 Å². The van der Waals surface area contributed by atoms with Gasteiger partial charge in [0.15, 0.2) is 0 Å². The Hall–Kier alpha value is -3.48. The Morgan fingerprint density at radius 2 is 1.69 bits per heavy atom. The Balaban J connectivity index is 1.61. The first kappa shape index (κ1) is 28.5. The minimum Gasteiger partial charge on any atom is -0.491 e. The fraction of sp³-hybridized carbons (Fsp3) is 0.429. The van der Waals surface area contributed by atoms with Crippen LogP contribution in [0.5, 0.6) is 11.6 Å². The molecule has 1 aliphatic heterocycles. The molecule has 0 saturated carbocycles. The summed E-state index contributed by atoms with van der Waals surface area (Å²) < 4.78 is 23.6. The number of aromatic nitrogens is 2. The van der Waals surface area contributed by atoms with Crippen LogP contribution in [0.2, 0.25) is 0 Å².